The van der Waals surface area contributed by atoms with E-state index in [9.17, 15) is 0 Å². The van der Waals surface area contributed by atoms with E-state index in [2.05, 4.69) is 37.3 Å². The van der Waals surface area contributed by atoms with Gasteiger partial charge in [0, 0.05) is 6.42 Å². The maximum atomic E-state index is 8.84. The normalized spacial score (nSPS) is 12.1. The van der Waals surface area contributed by atoms with Crippen LogP contribution in [-0.2, 0) is 0 Å². The Bertz CT molecular complexity index is 583. The van der Waals surface area contributed by atoms with Crippen molar-refractivity contribution in [2.45, 2.75) is 25.7 Å². The van der Waals surface area contributed by atoms with Crippen molar-refractivity contribution in [1.29, 1.82) is 5.26 Å². The molecule has 0 aromatic heterocycles. The highest BCUT2D eigenvalue weighted by Gasteiger charge is 2.09. The Balaban J connectivity index is 2.41. The Morgan fingerprint density at radius 3 is 2.56 bits per heavy atom. The van der Waals surface area contributed by atoms with E-state index >= 15 is 0 Å². The van der Waals surface area contributed by atoms with E-state index in [1.54, 1.807) is 7.11 Å². The van der Waals surface area contributed by atoms with Crippen molar-refractivity contribution in [1.82, 2.24) is 0 Å². The lowest BCUT2D eigenvalue weighted by molar-refractivity contribution is 0.415. The molecule has 0 radical (unpaired) electrons. The predicted molar refractivity (Wildman–Crippen MR) is 73.8 cm³/mol. The van der Waals surface area contributed by atoms with Crippen LogP contribution in [0.15, 0.2) is 36.4 Å². The molecule has 2 nitrogen and oxygen atoms in total. The van der Waals surface area contributed by atoms with Crippen molar-refractivity contribution in [2.75, 3.05) is 7.11 Å². The molecule has 0 heterocycles. The van der Waals surface area contributed by atoms with Crippen LogP contribution in [0, 0.1) is 11.3 Å². The maximum absolute atomic E-state index is 8.84. The summed E-state index contributed by atoms with van der Waals surface area (Å²) in [7, 11) is 1.68. The molecule has 92 valence electrons. The van der Waals surface area contributed by atoms with E-state index in [1.165, 1.54) is 16.3 Å². The van der Waals surface area contributed by atoms with Crippen LogP contribution in [0.3, 0.4) is 0 Å². The van der Waals surface area contributed by atoms with Crippen molar-refractivity contribution >= 4 is 10.8 Å². The molecular formula is C16H17NO. The zero-order valence-electron chi connectivity index (χ0n) is 10.8. The first-order chi connectivity index (χ1) is 8.78. The fraction of sp³-hybridized carbons (Fsp3) is 0.312. The van der Waals surface area contributed by atoms with E-state index in [0.717, 1.165) is 12.2 Å². The molecule has 2 rings (SSSR count). The van der Waals surface area contributed by atoms with Crippen LogP contribution in [-0.4, -0.2) is 7.11 Å². The molecule has 0 spiro atoms. The second-order valence-corrected chi connectivity index (χ2v) is 4.44. The van der Waals surface area contributed by atoms with Crippen molar-refractivity contribution < 1.29 is 4.74 Å². The topological polar surface area (TPSA) is 33.0 Å². The number of benzene rings is 2. The minimum absolute atomic E-state index is 0.335. The average Bonchev–Trinajstić information content (AvgIpc) is 2.43. The summed E-state index contributed by atoms with van der Waals surface area (Å²) in [4.78, 5) is 0. The number of methoxy groups -OCH3 is 1. The lowest BCUT2D eigenvalue weighted by atomic mass is 9.92. The number of rotatable bonds is 4. The summed E-state index contributed by atoms with van der Waals surface area (Å²) in [6, 6.07) is 14.7. The molecule has 0 bridgehead atoms. The van der Waals surface area contributed by atoms with Gasteiger partial charge in [-0.05, 0) is 40.8 Å². The van der Waals surface area contributed by atoms with Crippen LogP contribution in [0.4, 0.5) is 0 Å². The first-order valence-corrected chi connectivity index (χ1v) is 6.23. The molecule has 0 N–H and O–H groups in total. The lowest BCUT2D eigenvalue weighted by Gasteiger charge is -2.12. The molecular weight excluding hydrogens is 222 g/mol. The standard InChI is InChI=1S/C16H17NO/c1-3-12(8-9-17)13-4-5-15-11-16(18-2)7-6-14(15)10-13/h4-7,10-12H,3,8H2,1-2H3/t12-/m1/s1. The predicted octanol–water partition coefficient (Wildman–Crippen LogP) is 4.26. The van der Waals surface area contributed by atoms with Gasteiger partial charge in [-0.3, -0.25) is 0 Å². The molecule has 2 heteroatoms. The summed E-state index contributed by atoms with van der Waals surface area (Å²) in [6.07, 6.45) is 1.58. The number of nitriles is 1. The quantitative estimate of drug-likeness (QED) is 0.798. The van der Waals surface area contributed by atoms with Gasteiger partial charge in [-0.25, -0.2) is 0 Å². The zero-order chi connectivity index (χ0) is 13.0. The van der Waals surface area contributed by atoms with E-state index in [0.29, 0.717) is 12.3 Å². The van der Waals surface area contributed by atoms with Crippen LogP contribution in [0.1, 0.15) is 31.2 Å². The minimum atomic E-state index is 0.335. The van der Waals surface area contributed by atoms with Gasteiger partial charge in [-0.15, -0.1) is 0 Å². The Labute approximate surface area is 108 Å². The fourth-order valence-electron chi connectivity index (χ4n) is 2.23. The first kappa shape index (κ1) is 12.4. The third-order valence-electron chi connectivity index (χ3n) is 3.37. The maximum Gasteiger partial charge on any atom is 0.119 e. The van der Waals surface area contributed by atoms with Gasteiger partial charge < -0.3 is 4.74 Å². The van der Waals surface area contributed by atoms with Gasteiger partial charge in [-0.2, -0.15) is 5.26 Å². The molecule has 0 saturated carbocycles. The molecule has 0 unspecified atom stereocenters. The minimum Gasteiger partial charge on any atom is -0.497 e. The van der Waals surface area contributed by atoms with Gasteiger partial charge >= 0.3 is 0 Å². The molecule has 0 amide bonds. The van der Waals surface area contributed by atoms with Crippen LogP contribution in [0.25, 0.3) is 10.8 Å². The first-order valence-electron chi connectivity index (χ1n) is 6.23. The van der Waals surface area contributed by atoms with Crippen molar-refractivity contribution in [3.05, 3.63) is 42.0 Å². The summed E-state index contributed by atoms with van der Waals surface area (Å²) < 4.78 is 5.22. The molecule has 2 aromatic rings. The molecule has 0 fully saturated rings. The summed E-state index contributed by atoms with van der Waals surface area (Å²) in [5, 5.41) is 11.2. The number of nitrogens with zero attached hydrogens (tertiary/aromatic N) is 1. The number of ether oxygens (including phenoxy) is 1. The molecule has 18 heavy (non-hydrogen) atoms. The number of hydrogen-bond donors (Lipinski definition) is 0. The SMILES string of the molecule is CC[C@H](CC#N)c1ccc2cc(OC)ccc2c1. The third-order valence-corrected chi connectivity index (χ3v) is 3.37. The van der Waals surface area contributed by atoms with Crippen LogP contribution < -0.4 is 4.74 Å². The zero-order valence-corrected chi connectivity index (χ0v) is 10.8. The van der Waals surface area contributed by atoms with E-state index in [-0.39, 0.29) is 0 Å². The van der Waals surface area contributed by atoms with Gasteiger partial charge in [0.15, 0.2) is 0 Å². The highest BCUT2D eigenvalue weighted by atomic mass is 16.5. The highest BCUT2D eigenvalue weighted by Crippen LogP contribution is 2.28. The largest absolute Gasteiger partial charge is 0.497 e. The molecule has 1 atom stereocenters. The summed E-state index contributed by atoms with van der Waals surface area (Å²) >= 11 is 0. The fourth-order valence-corrected chi connectivity index (χ4v) is 2.23. The van der Waals surface area contributed by atoms with Crippen molar-refractivity contribution in [3.8, 4) is 11.8 Å². The summed E-state index contributed by atoms with van der Waals surface area (Å²) in [6.45, 7) is 2.13. The van der Waals surface area contributed by atoms with E-state index in [4.69, 9.17) is 10.00 Å². The van der Waals surface area contributed by atoms with Crippen molar-refractivity contribution in [3.63, 3.8) is 0 Å². The van der Waals surface area contributed by atoms with Gasteiger partial charge in [-0.1, -0.05) is 31.2 Å². The van der Waals surface area contributed by atoms with E-state index < -0.39 is 0 Å². The van der Waals surface area contributed by atoms with E-state index in [1.807, 2.05) is 12.1 Å². The van der Waals surface area contributed by atoms with Crippen molar-refractivity contribution in [2.24, 2.45) is 0 Å². The second-order valence-electron chi connectivity index (χ2n) is 4.44. The molecule has 0 aliphatic rings. The molecule has 0 aliphatic heterocycles. The molecule has 0 saturated heterocycles. The van der Waals surface area contributed by atoms with Gasteiger partial charge in [0.05, 0.1) is 13.2 Å². The second kappa shape index (κ2) is 5.55. The average molecular weight is 239 g/mol. The molecule has 2 aromatic carbocycles. The van der Waals surface area contributed by atoms with Crippen LogP contribution in [0.5, 0.6) is 5.75 Å². The summed E-state index contributed by atoms with van der Waals surface area (Å²) in [5.41, 5.74) is 1.25. The molecule has 0 aliphatic carbocycles. The highest BCUT2D eigenvalue weighted by molar-refractivity contribution is 5.84. The Morgan fingerprint density at radius 2 is 1.89 bits per heavy atom. The summed E-state index contributed by atoms with van der Waals surface area (Å²) in [5.74, 6) is 1.21. The number of hydrogen-bond acceptors (Lipinski definition) is 2. The number of fused-ring (bicyclic) bond motifs is 1. The van der Waals surface area contributed by atoms with Gasteiger partial charge in [0.1, 0.15) is 5.75 Å². The smallest absolute Gasteiger partial charge is 0.119 e. The third kappa shape index (κ3) is 2.46. The van der Waals surface area contributed by atoms with Gasteiger partial charge in [0.25, 0.3) is 0 Å². The Morgan fingerprint density at radius 1 is 1.17 bits per heavy atom. The van der Waals surface area contributed by atoms with Gasteiger partial charge in [0.2, 0.25) is 0 Å². The van der Waals surface area contributed by atoms with Crippen LogP contribution in [0.2, 0.25) is 0 Å². The van der Waals surface area contributed by atoms with Crippen LogP contribution >= 0.6 is 0 Å². The lowest BCUT2D eigenvalue weighted by Crippen LogP contribution is -1.96. The Kier molecular flexibility index (Phi) is 3.84. The monoisotopic (exact) mass is 239 g/mol. The Hall–Kier alpha value is -2.01.